The molecule has 12 heteroatoms. The molecule has 1 aliphatic rings. The van der Waals surface area contributed by atoms with Crippen molar-refractivity contribution < 1.29 is 32.7 Å². The van der Waals surface area contributed by atoms with E-state index in [9.17, 15) is 32.7 Å². The topological polar surface area (TPSA) is 167 Å². The van der Waals surface area contributed by atoms with Crippen LogP contribution in [-0.2, 0) is 35.6 Å². The first-order valence-electron chi connectivity index (χ1n) is 11.8. The molecule has 2 aromatic rings. The number of nitrogens with zero attached hydrogens (tertiary/aromatic N) is 2. The molecule has 1 heterocycles. The molecule has 0 spiro atoms. The zero-order chi connectivity index (χ0) is 27.2. The third-order valence-electron chi connectivity index (χ3n) is 6.12. The van der Waals surface area contributed by atoms with Crippen molar-refractivity contribution in [2.24, 2.45) is 5.73 Å². The monoisotopic (exact) mass is 530 g/mol. The van der Waals surface area contributed by atoms with Gasteiger partial charge in [0.2, 0.25) is 27.7 Å². The lowest BCUT2D eigenvalue weighted by Crippen LogP contribution is -2.62. The number of nitrogens with two attached hydrogens (primary N) is 1. The Balaban J connectivity index is 1.98. The number of carboxylic acids is 1. The van der Waals surface area contributed by atoms with Crippen LogP contribution in [0.15, 0.2) is 59.5 Å². The standard InChI is InChI=1S/C25H30N4O7S/c1-2-23(31)27-18-9-6-10-19(16-18)37(35,36)29-14-13-28(20(25(33)34)11-12-22(26)30)24(32)21(29)15-17-7-4-3-5-8-17/h3-10,16,20-21H,2,11-15H2,1H3,(H2,26,30)(H,27,31)(H,33,34)/t20-,21-/m0/s1. The third-order valence-corrected chi connectivity index (χ3v) is 8.02. The fourth-order valence-electron chi connectivity index (χ4n) is 4.22. The maximum atomic E-state index is 13.7. The highest BCUT2D eigenvalue weighted by Gasteiger charge is 2.45. The van der Waals surface area contributed by atoms with Crippen molar-refractivity contribution in [3.8, 4) is 0 Å². The van der Waals surface area contributed by atoms with Gasteiger partial charge in [0.25, 0.3) is 0 Å². The molecule has 3 rings (SSSR count). The minimum absolute atomic E-state index is 0.0177. The second-order valence-electron chi connectivity index (χ2n) is 8.64. The lowest BCUT2D eigenvalue weighted by Gasteiger charge is -2.42. The maximum Gasteiger partial charge on any atom is 0.326 e. The smallest absolute Gasteiger partial charge is 0.326 e. The van der Waals surface area contributed by atoms with E-state index in [1.165, 1.54) is 18.2 Å². The van der Waals surface area contributed by atoms with Crippen LogP contribution in [-0.4, -0.2) is 71.6 Å². The summed E-state index contributed by atoms with van der Waals surface area (Å²) < 4.78 is 28.5. The van der Waals surface area contributed by atoms with Gasteiger partial charge in [-0.15, -0.1) is 0 Å². The first kappa shape index (κ1) is 27.8. The molecule has 2 aromatic carbocycles. The van der Waals surface area contributed by atoms with Crippen LogP contribution in [0.25, 0.3) is 0 Å². The molecule has 0 bridgehead atoms. The molecule has 1 aliphatic heterocycles. The molecule has 0 aromatic heterocycles. The second-order valence-corrected chi connectivity index (χ2v) is 10.5. The molecule has 0 radical (unpaired) electrons. The molecule has 11 nitrogen and oxygen atoms in total. The van der Waals surface area contributed by atoms with Crippen molar-refractivity contribution in [1.29, 1.82) is 0 Å². The van der Waals surface area contributed by atoms with Gasteiger partial charge in [0.1, 0.15) is 12.1 Å². The van der Waals surface area contributed by atoms with Crippen LogP contribution in [0.2, 0.25) is 0 Å². The normalized spacial score (nSPS) is 17.3. The minimum atomic E-state index is -4.21. The van der Waals surface area contributed by atoms with Crippen LogP contribution in [0.1, 0.15) is 31.7 Å². The van der Waals surface area contributed by atoms with Crippen LogP contribution in [0.4, 0.5) is 5.69 Å². The van der Waals surface area contributed by atoms with Crippen LogP contribution in [0.3, 0.4) is 0 Å². The molecule has 0 aliphatic carbocycles. The summed E-state index contributed by atoms with van der Waals surface area (Å²) >= 11 is 0. The second kappa shape index (κ2) is 12.0. The quantitative estimate of drug-likeness (QED) is 0.392. The number of piperazine rings is 1. The first-order valence-corrected chi connectivity index (χ1v) is 13.3. The number of sulfonamides is 1. The van der Waals surface area contributed by atoms with Gasteiger partial charge in [-0.25, -0.2) is 13.2 Å². The fourth-order valence-corrected chi connectivity index (χ4v) is 5.84. The van der Waals surface area contributed by atoms with Crippen molar-refractivity contribution in [3.05, 3.63) is 60.2 Å². The average molecular weight is 531 g/mol. The van der Waals surface area contributed by atoms with E-state index in [1.54, 1.807) is 43.3 Å². The van der Waals surface area contributed by atoms with Crippen molar-refractivity contribution >= 4 is 39.4 Å². The molecule has 1 saturated heterocycles. The number of aliphatic carboxylic acids is 1. The average Bonchev–Trinajstić information content (AvgIpc) is 2.86. The highest BCUT2D eigenvalue weighted by atomic mass is 32.2. The van der Waals surface area contributed by atoms with Gasteiger partial charge in [-0.05, 0) is 36.6 Å². The molecule has 3 amide bonds. The molecule has 37 heavy (non-hydrogen) atoms. The predicted octanol–water partition coefficient (Wildman–Crippen LogP) is 1.20. The number of carboxylic acid groups (broad SMARTS) is 1. The largest absolute Gasteiger partial charge is 0.480 e. The van der Waals surface area contributed by atoms with E-state index in [1.807, 2.05) is 0 Å². The highest BCUT2D eigenvalue weighted by molar-refractivity contribution is 7.89. The van der Waals surface area contributed by atoms with Crippen LogP contribution >= 0.6 is 0 Å². The van der Waals surface area contributed by atoms with E-state index in [4.69, 9.17) is 5.73 Å². The molecular formula is C25H30N4O7S. The SMILES string of the molecule is CCC(=O)Nc1cccc(S(=O)(=O)N2CCN([C@@H](CCC(N)=O)C(=O)O)C(=O)[C@@H]2Cc2ccccc2)c1. The Labute approximate surface area is 215 Å². The highest BCUT2D eigenvalue weighted by Crippen LogP contribution is 2.28. The Morgan fingerprint density at radius 1 is 1.11 bits per heavy atom. The molecule has 4 N–H and O–H groups in total. The maximum absolute atomic E-state index is 13.7. The van der Waals surface area contributed by atoms with E-state index in [2.05, 4.69) is 5.32 Å². The van der Waals surface area contributed by atoms with Crippen molar-refractivity contribution in [2.45, 2.75) is 49.6 Å². The summed E-state index contributed by atoms with van der Waals surface area (Å²) in [5, 5.41) is 12.4. The van der Waals surface area contributed by atoms with Crippen LogP contribution < -0.4 is 11.1 Å². The van der Waals surface area contributed by atoms with Gasteiger partial charge in [-0.1, -0.05) is 43.3 Å². The molecular weight excluding hydrogens is 500 g/mol. The zero-order valence-electron chi connectivity index (χ0n) is 20.4. The predicted molar refractivity (Wildman–Crippen MR) is 135 cm³/mol. The van der Waals surface area contributed by atoms with E-state index in [0.717, 1.165) is 9.21 Å². The van der Waals surface area contributed by atoms with Gasteiger partial charge in [0, 0.05) is 31.6 Å². The fraction of sp³-hybridized carbons (Fsp3) is 0.360. The minimum Gasteiger partial charge on any atom is -0.480 e. The van der Waals surface area contributed by atoms with Gasteiger partial charge in [0.05, 0.1) is 4.90 Å². The van der Waals surface area contributed by atoms with Crippen LogP contribution in [0, 0.1) is 0 Å². The Morgan fingerprint density at radius 3 is 2.43 bits per heavy atom. The lowest BCUT2D eigenvalue weighted by atomic mass is 10.0. The van der Waals surface area contributed by atoms with Gasteiger partial charge in [-0.2, -0.15) is 4.31 Å². The van der Waals surface area contributed by atoms with E-state index < -0.39 is 39.9 Å². The Bertz CT molecular complexity index is 1270. The first-order chi connectivity index (χ1) is 17.5. The zero-order valence-corrected chi connectivity index (χ0v) is 21.2. The summed E-state index contributed by atoms with van der Waals surface area (Å²) in [7, 11) is -4.21. The summed E-state index contributed by atoms with van der Waals surface area (Å²) in [6.07, 6.45) is -0.181. The summed E-state index contributed by atoms with van der Waals surface area (Å²) in [5.41, 5.74) is 6.17. The van der Waals surface area contributed by atoms with E-state index in [-0.39, 0.29) is 49.6 Å². The molecule has 198 valence electrons. The molecule has 1 fully saturated rings. The van der Waals surface area contributed by atoms with Crippen LogP contribution in [0.5, 0.6) is 0 Å². The Kier molecular flexibility index (Phi) is 9.00. The number of amides is 3. The summed E-state index contributed by atoms with van der Waals surface area (Å²) in [6, 6.07) is 12.0. The number of nitrogens with one attached hydrogen (secondary N) is 1. The van der Waals surface area contributed by atoms with Crippen molar-refractivity contribution in [1.82, 2.24) is 9.21 Å². The third kappa shape index (κ3) is 6.71. The van der Waals surface area contributed by atoms with Gasteiger partial charge >= 0.3 is 5.97 Å². The Hall–Kier alpha value is -3.77. The summed E-state index contributed by atoms with van der Waals surface area (Å²) in [6.45, 7) is 1.34. The summed E-state index contributed by atoms with van der Waals surface area (Å²) in [4.78, 5) is 49.7. The van der Waals surface area contributed by atoms with Gasteiger partial charge in [0.15, 0.2) is 0 Å². The number of carbonyl (C=O) groups excluding carboxylic acids is 3. The van der Waals surface area contributed by atoms with Gasteiger partial charge < -0.3 is 21.1 Å². The van der Waals surface area contributed by atoms with Gasteiger partial charge in [-0.3, -0.25) is 14.4 Å². The number of hydrogen-bond acceptors (Lipinski definition) is 6. The summed E-state index contributed by atoms with van der Waals surface area (Å²) in [5.74, 6) is -2.96. The number of hydrogen-bond donors (Lipinski definition) is 3. The van der Waals surface area contributed by atoms with Crippen molar-refractivity contribution in [2.75, 3.05) is 18.4 Å². The molecule has 0 unspecified atom stereocenters. The lowest BCUT2D eigenvalue weighted by molar-refractivity contribution is -0.155. The number of rotatable bonds is 11. The van der Waals surface area contributed by atoms with E-state index >= 15 is 0 Å². The van der Waals surface area contributed by atoms with E-state index in [0.29, 0.717) is 11.3 Å². The number of benzene rings is 2. The number of primary amides is 1. The Morgan fingerprint density at radius 2 is 1.81 bits per heavy atom. The molecule has 0 saturated carbocycles. The van der Waals surface area contributed by atoms with Crippen molar-refractivity contribution in [3.63, 3.8) is 0 Å². The number of carbonyl (C=O) groups is 4. The molecule has 2 atom stereocenters. The number of anilines is 1.